The molecule has 0 radical (unpaired) electrons. The largest absolute Gasteiger partial charge is 0.490 e. The Morgan fingerprint density at radius 1 is 1.21 bits per heavy atom. The number of nitrogens with two attached hydrogens (primary N) is 2. The van der Waals surface area contributed by atoms with E-state index in [9.17, 15) is 0 Å². The highest BCUT2D eigenvalue weighted by Crippen LogP contribution is 2.28. The Morgan fingerprint density at radius 2 is 2.00 bits per heavy atom. The molecule has 0 aromatic heterocycles. The molecule has 1 aromatic rings. The molecule has 0 aliphatic rings. The summed E-state index contributed by atoms with van der Waals surface area (Å²) in [6, 6.07) is 5.54. The predicted octanol–water partition coefficient (Wildman–Crippen LogP) is 1.48. The van der Waals surface area contributed by atoms with E-state index in [2.05, 4.69) is 17.1 Å². The van der Waals surface area contributed by atoms with Crippen molar-refractivity contribution >= 4 is 12.2 Å². The van der Waals surface area contributed by atoms with E-state index >= 15 is 0 Å². The third-order valence-electron chi connectivity index (χ3n) is 2.11. The number of benzene rings is 1. The van der Waals surface area contributed by atoms with Gasteiger partial charge in [-0.1, -0.05) is 6.92 Å². The molecule has 6 heteroatoms. The van der Waals surface area contributed by atoms with Gasteiger partial charge in [0, 0.05) is 0 Å². The molecule has 19 heavy (non-hydrogen) atoms. The van der Waals surface area contributed by atoms with Crippen LogP contribution < -0.4 is 20.9 Å². The fraction of sp³-hybridized carbons (Fsp3) is 0.385. The molecule has 0 spiro atoms. The minimum Gasteiger partial charge on any atom is -0.490 e. The average Bonchev–Trinajstić information content (AvgIpc) is 2.38. The summed E-state index contributed by atoms with van der Waals surface area (Å²) in [6.45, 7) is 5.19. The van der Waals surface area contributed by atoms with Gasteiger partial charge in [-0.3, -0.25) is 0 Å². The summed E-state index contributed by atoms with van der Waals surface area (Å²) < 4.78 is 11.1. The summed E-state index contributed by atoms with van der Waals surface area (Å²) in [7, 11) is 0. The molecule has 0 saturated carbocycles. The smallest absolute Gasteiger partial charge is 0.211 e. The van der Waals surface area contributed by atoms with Gasteiger partial charge in [0.25, 0.3) is 0 Å². The van der Waals surface area contributed by atoms with Crippen molar-refractivity contribution < 1.29 is 9.47 Å². The summed E-state index contributed by atoms with van der Waals surface area (Å²) >= 11 is 0. The lowest BCUT2D eigenvalue weighted by atomic mass is 10.2. The van der Waals surface area contributed by atoms with Crippen molar-refractivity contribution in [2.75, 3.05) is 13.2 Å². The van der Waals surface area contributed by atoms with Crippen molar-refractivity contribution in [2.45, 2.75) is 20.3 Å². The second-order valence-electron chi connectivity index (χ2n) is 3.76. The number of nitrogens with zero attached hydrogens (tertiary/aromatic N) is 2. The number of ether oxygens (including phenoxy) is 2. The third-order valence-corrected chi connectivity index (χ3v) is 2.11. The van der Waals surface area contributed by atoms with Gasteiger partial charge in [0.2, 0.25) is 5.96 Å². The monoisotopic (exact) mass is 264 g/mol. The lowest BCUT2D eigenvalue weighted by molar-refractivity contribution is 0.277. The van der Waals surface area contributed by atoms with Crippen LogP contribution in [0.15, 0.2) is 28.4 Å². The highest BCUT2D eigenvalue weighted by molar-refractivity contribution is 5.82. The number of hydrogen-bond acceptors (Lipinski definition) is 4. The van der Waals surface area contributed by atoms with E-state index in [0.29, 0.717) is 19.0 Å². The van der Waals surface area contributed by atoms with Gasteiger partial charge in [0.05, 0.1) is 19.4 Å². The molecule has 0 aliphatic carbocycles. The molecule has 0 atom stereocenters. The fourth-order valence-corrected chi connectivity index (χ4v) is 1.37. The first-order chi connectivity index (χ1) is 9.17. The standard InChI is InChI=1S/C13H20N4O2/c1-3-7-19-11-6-5-10(8-12(11)18-4-2)9-16-17-13(14)15/h5-6,8-9H,3-4,7H2,1-2H3,(H4,14,15,17). The van der Waals surface area contributed by atoms with Crippen LogP contribution in [-0.2, 0) is 0 Å². The first kappa shape index (κ1) is 14.8. The van der Waals surface area contributed by atoms with Gasteiger partial charge in [0.15, 0.2) is 11.5 Å². The average molecular weight is 264 g/mol. The summed E-state index contributed by atoms with van der Waals surface area (Å²) in [5.41, 5.74) is 11.2. The Bertz CT molecular complexity index is 454. The first-order valence-corrected chi connectivity index (χ1v) is 6.19. The van der Waals surface area contributed by atoms with E-state index < -0.39 is 0 Å². The second kappa shape index (κ2) is 7.97. The molecule has 0 bridgehead atoms. The second-order valence-corrected chi connectivity index (χ2v) is 3.76. The molecule has 0 saturated heterocycles. The van der Waals surface area contributed by atoms with Crippen LogP contribution in [0, 0.1) is 0 Å². The normalized spacial score (nSPS) is 10.4. The number of guanidine groups is 1. The third kappa shape index (κ3) is 5.29. The van der Waals surface area contributed by atoms with Gasteiger partial charge in [-0.25, -0.2) is 0 Å². The number of hydrogen-bond donors (Lipinski definition) is 2. The van der Waals surface area contributed by atoms with E-state index in [1.807, 2.05) is 25.1 Å². The van der Waals surface area contributed by atoms with Crippen molar-refractivity contribution in [3.63, 3.8) is 0 Å². The molecule has 104 valence electrons. The highest BCUT2D eigenvalue weighted by atomic mass is 16.5. The maximum Gasteiger partial charge on any atom is 0.211 e. The molecule has 6 nitrogen and oxygen atoms in total. The summed E-state index contributed by atoms with van der Waals surface area (Å²) in [6.07, 6.45) is 2.49. The number of rotatable bonds is 7. The zero-order chi connectivity index (χ0) is 14.1. The van der Waals surface area contributed by atoms with Crippen LogP contribution in [-0.4, -0.2) is 25.4 Å². The Kier molecular flexibility index (Phi) is 6.21. The first-order valence-electron chi connectivity index (χ1n) is 6.19. The zero-order valence-corrected chi connectivity index (χ0v) is 11.3. The van der Waals surface area contributed by atoms with Crippen LogP contribution in [0.5, 0.6) is 11.5 Å². The Hall–Kier alpha value is -2.24. The lowest BCUT2D eigenvalue weighted by Crippen LogP contribution is -2.21. The van der Waals surface area contributed by atoms with E-state index in [1.54, 1.807) is 6.21 Å². The molecule has 0 fully saturated rings. The maximum absolute atomic E-state index is 5.60. The molecule has 1 aromatic carbocycles. The zero-order valence-electron chi connectivity index (χ0n) is 11.3. The van der Waals surface area contributed by atoms with Crippen LogP contribution in [0.25, 0.3) is 0 Å². The lowest BCUT2D eigenvalue weighted by Gasteiger charge is -2.11. The van der Waals surface area contributed by atoms with E-state index in [1.165, 1.54) is 0 Å². The van der Waals surface area contributed by atoms with E-state index in [4.69, 9.17) is 20.9 Å². The van der Waals surface area contributed by atoms with Gasteiger partial charge >= 0.3 is 0 Å². The maximum atomic E-state index is 5.60. The van der Waals surface area contributed by atoms with Gasteiger partial charge < -0.3 is 20.9 Å². The quantitative estimate of drug-likeness (QED) is 0.443. The highest BCUT2D eigenvalue weighted by Gasteiger charge is 2.05. The van der Waals surface area contributed by atoms with Crippen LogP contribution in [0.3, 0.4) is 0 Å². The SMILES string of the molecule is CCCOc1ccc(C=NN=C(N)N)cc1OCC. The van der Waals surface area contributed by atoms with Crippen LogP contribution in [0.4, 0.5) is 0 Å². The van der Waals surface area contributed by atoms with Gasteiger partial charge in [0.1, 0.15) is 0 Å². The fourth-order valence-electron chi connectivity index (χ4n) is 1.37. The van der Waals surface area contributed by atoms with Crippen LogP contribution in [0.2, 0.25) is 0 Å². The summed E-state index contributed by atoms with van der Waals surface area (Å²) in [4.78, 5) is 0. The van der Waals surface area contributed by atoms with E-state index in [0.717, 1.165) is 17.7 Å². The molecule has 4 N–H and O–H groups in total. The van der Waals surface area contributed by atoms with Crippen molar-refractivity contribution in [3.05, 3.63) is 23.8 Å². The predicted molar refractivity (Wildman–Crippen MR) is 76.8 cm³/mol. The molecule has 0 amide bonds. The topological polar surface area (TPSA) is 95.2 Å². The van der Waals surface area contributed by atoms with Crippen LogP contribution >= 0.6 is 0 Å². The molecule has 1 rings (SSSR count). The molecule has 0 aliphatic heterocycles. The van der Waals surface area contributed by atoms with E-state index in [-0.39, 0.29) is 5.96 Å². The van der Waals surface area contributed by atoms with Crippen molar-refractivity contribution in [1.29, 1.82) is 0 Å². The van der Waals surface area contributed by atoms with Crippen molar-refractivity contribution in [2.24, 2.45) is 21.7 Å². The van der Waals surface area contributed by atoms with Crippen LogP contribution in [0.1, 0.15) is 25.8 Å². The minimum atomic E-state index is -0.0795. The van der Waals surface area contributed by atoms with Crippen molar-refractivity contribution in [1.82, 2.24) is 0 Å². The summed E-state index contributed by atoms with van der Waals surface area (Å²) in [5.74, 6) is 1.33. The summed E-state index contributed by atoms with van der Waals surface area (Å²) in [5, 5.41) is 7.29. The van der Waals surface area contributed by atoms with Gasteiger partial charge in [-0.05, 0) is 37.1 Å². The van der Waals surface area contributed by atoms with Gasteiger partial charge in [-0.2, -0.15) is 5.10 Å². The molecular formula is C13H20N4O2. The Labute approximate surface area is 113 Å². The molecule has 0 heterocycles. The molecular weight excluding hydrogens is 244 g/mol. The van der Waals surface area contributed by atoms with Crippen molar-refractivity contribution in [3.8, 4) is 11.5 Å². The molecule has 0 unspecified atom stereocenters. The Morgan fingerprint density at radius 3 is 2.63 bits per heavy atom. The minimum absolute atomic E-state index is 0.0795. The Balaban J connectivity index is 2.88. The van der Waals surface area contributed by atoms with Gasteiger partial charge in [-0.15, -0.1) is 5.10 Å².